The van der Waals surface area contributed by atoms with Crippen LogP contribution in [0.3, 0.4) is 0 Å². The largest absolute Gasteiger partial charge is 0.382 e. The SMILES string of the molecule is CC1(NC(=O)c2ccc(N)nn2)CCCCC1. The van der Waals surface area contributed by atoms with Gasteiger partial charge in [-0.2, -0.15) is 0 Å². The number of nitrogens with zero attached hydrogens (tertiary/aromatic N) is 2. The van der Waals surface area contributed by atoms with Crippen LogP contribution >= 0.6 is 0 Å². The summed E-state index contributed by atoms with van der Waals surface area (Å²) in [6, 6.07) is 3.19. The summed E-state index contributed by atoms with van der Waals surface area (Å²) in [5.74, 6) is 0.160. The summed E-state index contributed by atoms with van der Waals surface area (Å²) in [5, 5.41) is 10.5. The molecule has 5 nitrogen and oxygen atoms in total. The average Bonchev–Trinajstić information content (AvgIpc) is 2.30. The third kappa shape index (κ3) is 2.93. The third-order valence-electron chi connectivity index (χ3n) is 3.29. The van der Waals surface area contributed by atoms with Crippen LogP contribution in [0.1, 0.15) is 49.5 Å². The molecule has 0 spiro atoms. The van der Waals surface area contributed by atoms with Crippen molar-refractivity contribution >= 4 is 11.7 Å². The van der Waals surface area contributed by atoms with Crippen molar-refractivity contribution in [3.05, 3.63) is 17.8 Å². The van der Waals surface area contributed by atoms with E-state index >= 15 is 0 Å². The molecule has 1 aliphatic rings. The minimum atomic E-state index is -0.165. The van der Waals surface area contributed by atoms with Gasteiger partial charge in [0.2, 0.25) is 0 Å². The second-order valence-corrected chi connectivity index (χ2v) is 4.92. The van der Waals surface area contributed by atoms with E-state index < -0.39 is 0 Å². The second kappa shape index (κ2) is 4.69. The summed E-state index contributed by atoms with van der Waals surface area (Å²) in [7, 11) is 0. The van der Waals surface area contributed by atoms with Crippen LogP contribution in [0, 0.1) is 0 Å². The van der Waals surface area contributed by atoms with Gasteiger partial charge in [-0.25, -0.2) is 0 Å². The van der Waals surface area contributed by atoms with E-state index in [1.807, 2.05) is 0 Å². The van der Waals surface area contributed by atoms with Gasteiger partial charge in [-0.1, -0.05) is 19.3 Å². The molecule has 1 saturated carbocycles. The Hall–Kier alpha value is -1.65. The van der Waals surface area contributed by atoms with Gasteiger partial charge in [0.25, 0.3) is 5.91 Å². The molecule has 5 heteroatoms. The van der Waals surface area contributed by atoms with Crippen molar-refractivity contribution in [2.24, 2.45) is 0 Å². The van der Waals surface area contributed by atoms with Crippen LogP contribution < -0.4 is 11.1 Å². The first-order chi connectivity index (χ1) is 8.09. The summed E-state index contributed by atoms with van der Waals surface area (Å²) in [6.07, 6.45) is 5.66. The van der Waals surface area contributed by atoms with Crippen LogP contribution in [-0.4, -0.2) is 21.6 Å². The Morgan fingerprint density at radius 1 is 1.29 bits per heavy atom. The van der Waals surface area contributed by atoms with E-state index in [2.05, 4.69) is 22.4 Å². The number of nitrogens with two attached hydrogens (primary N) is 1. The van der Waals surface area contributed by atoms with Gasteiger partial charge < -0.3 is 11.1 Å². The maximum atomic E-state index is 12.0. The number of hydrogen-bond acceptors (Lipinski definition) is 4. The summed E-state index contributed by atoms with van der Waals surface area (Å²) in [5.41, 5.74) is 5.66. The molecule has 1 aromatic heterocycles. The Kier molecular flexibility index (Phi) is 3.26. The lowest BCUT2D eigenvalue weighted by Crippen LogP contribution is -2.47. The normalized spacial score (nSPS) is 18.6. The molecule has 92 valence electrons. The molecule has 17 heavy (non-hydrogen) atoms. The van der Waals surface area contributed by atoms with Gasteiger partial charge in [-0.3, -0.25) is 4.79 Å². The Bertz CT molecular complexity index is 395. The van der Waals surface area contributed by atoms with E-state index in [0.717, 1.165) is 12.8 Å². The van der Waals surface area contributed by atoms with Gasteiger partial charge in [0, 0.05) is 5.54 Å². The smallest absolute Gasteiger partial charge is 0.272 e. The highest BCUT2D eigenvalue weighted by Crippen LogP contribution is 2.27. The van der Waals surface area contributed by atoms with Crippen LogP contribution in [0.5, 0.6) is 0 Å². The zero-order valence-electron chi connectivity index (χ0n) is 10.1. The summed E-state index contributed by atoms with van der Waals surface area (Å²) in [6.45, 7) is 2.09. The quantitative estimate of drug-likeness (QED) is 0.812. The molecule has 3 N–H and O–H groups in total. The first-order valence-electron chi connectivity index (χ1n) is 6.01. The Morgan fingerprint density at radius 3 is 2.59 bits per heavy atom. The number of hydrogen-bond donors (Lipinski definition) is 2. The van der Waals surface area contributed by atoms with E-state index in [1.165, 1.54) is 19.3 Å². The van der Waals surface area contributed by atoms with Crippen LogP contribution in [0.15, 0.2) is 12.1 Å². The number of anilines is 1. The lowest BCUT2D eigenvalue weighted by molar-refractivity contribution is 0.0876. The van der Waals surface area contributed by atoms with Crippen LogP contribution in [0.2, 0.25) is 0 Å². The topological polar surface area (TPSA) is 80.9 Å². The van der Waals surface area contributed by atoms with Gasteiger partial charge in [0.1, 0.15) is 5.82 Å². The molecule has 1 amide bonds. The number of aromatic nitrogens is 2. The lowest BCUT2D eigenvalue weighted by atomic mass is 9.83. The fourth-order valence-corrected chi connectivity index (χ4v) is 2.26. The molecule has 1 aliphatic carbocycles. The maximum Gasteiger partial charge on any atom is 0.272 e. The predicted molar refractivity (Wildman–Crippen MR) is 65.4 cm³/mol. The lowest BCUT2D eigenvalue weighted by Gasteiger charge is -2.34. The van der Waals surface area contributed by atoms with Crippen molar-refractivity contribution in [1.82, 2.24) is 15.5 Å². The van der Waals surface area contributed by atoms with Crippen molar-refractivity contribution in [2.75, 3.05) is 5.73 Å². The third-order valence-corrected chi connectivity index (χ3v) is 3.29. The number of rotatable bonds is 2. The van der Waals surface area contributed by atoms with Gasteiger partial charge in [0.15, 0.2) is 5.69 Å². The van der Waals surface area contributed by atoms with Crippen molar-refractivity contribution < 1.29 is 4.79 Å². The molecule has 0 aliphatic heterocycles. The Balaban J connectivity index is 2.03. The molecule has 0 radical (unpaired) electrons. The van der Waals surface area contributed by atoms with Crippen molar-refractivity contribution in [3.8, 4) is 0 Å². The van der Waals surface area contributed by atoms with E-state index in [4.69, 9.17) is 5.73 Å². The van der Waals surface area contributed by atoms with Gasteiger partial charge in [-0.15, -0.1) is 10.2 Å². The molecule has 0 saturated heterocycles. The van der Waals surface area contributed by atoms with Crippen molar-refractivity contribution in [3.63, 3.8) is 0 Å². The van der Waals surface area contributed by atoms with Crippen molar-refractivity contribution in [2.45, 2.75) is 44.6 Å². The average molecular weight is 234 g/mol. The first-order valence-corrected chi connectivity index (χ1v) is 6.01. The minimum absolute atomic E-state index is 0.0988. The van der Waals surface area contributed by atoms with E-state index in [0.29, 0.717) is 11.5 Å². The van der Waals surface area contributed by atoms with Crippen LogP contribution in [-0.2, 0) is 0 Å². The summed E-state index contributed by atoms with van der Waals surface area (Å²) >= 11 is 0. The standard InChI is InChI=1S/C12H18N4O/c1-12(7-3-2-4-8-12)14-11(17)9-5-6-10(13)16-15-9/h5-6H,2-4,7-8H2,1H3,(H2,13,16)(H,14,17). The highest BCUT2D eigenvalue weighted by Gasteiger charge is 2.29. The fourth-order valence-electron chi connectivity index (χ4n) is 2.26. The Morgan fingerprint density at radius 2 is 2.00 bits per heavy atom. The van der Waals surface area contributed by atoms with E-state index in [9.17, 15) is 4.79 Å². The van der Waals surface area contributed by atoms with Crippen molar-refractivity contribution in [1.29, 1.82) is 0 Å². The zero-order chi connectivity index (χ0) is 12.3. The number of carbonyl (C=O) groups excluding carboxylic acids is 1. The van der Waals surface area contributed by atoms with Crippen LogP contribution in [0.25, 0.3) is 0 Å². The molecule has 1 heterocycles. The summed E-state index contributed by atoms with van der Waals surface area (Å²) < 4.78 is 0. The number of nitrogens with one attached hydrogen (secondary N) is 1. The molecular weight excluding hydrogens is 216 g/mol. The van der Waals surface area contributed by atoms with Gasteiger partial charge >= 0.3 is 0 Å². The monoisotopic (exact) mass is 234 g/mol. The van der Waals surface area contributed by atoms with E-state index in [-0.39, 0.29) is 11.4 Å². The molecule has 0 bridgehead atoms. The predicted octanol–water partition coefficient (Wildman–Crippen LogP) is 1.51. The molecule has 0 aromatic carbocycles. The molecule has 2 rings (SSSR count). The second-order valence-electron chi connectivity index (χ2n) is 4.92. The molecular formula is C12H18N4O. The minimum Gasteiger partial charge on any atom is -0.382 e. The summed E-state index contributed by atoms with van der Waals surface area (Å²) in [4.78, 5) is 12.0. The fraction of sp³-hybridized carbons (Fsp3) is 0.583. The van der Waals surface area contributed by atoms with Gasteiger partial charge in [0.05, 0.1) is 0 Å². The van der Waals surface area contributed by atoms with Crippen LogP contribution in [0.4, 0.5) is 5.82 Å². The molecule has 1 fully saturated rings. The highest BCUT2D eigenvalue weighted by molar-refractivity contribution is 5.92. The number of amides is 1. The molecule has 1 aromatic rings. The Labute approximate surface area is 101 Å². The maximum absolute atomic E-state index is 12.0. The first kappa shape index (κ1) is 11.8. The molecule has 0 atom stereocenters. The highest BCUT2D eigenvalue weighted by atomic mass is 16.2. The number of nitrogen functional groups attached to an aromatic ring is 1. The van der Waals surface area contributed by atoms with E-state index in [1.54, 1.807) is 12.1 Å². The molecule has 0 unspecified atom stereocenters. The zero-order valence-corrected chi connectivity index (χ0v) is 10.1. The number of carbonyl (C=O) groups is 1. The van der Waals surface area contributed by atoms with Gasteiger partial charge in [-0.05, 0) is 31.9 Å².